The van der Waals surface area contributed by atoms with E-state index in [0.717, 1.165) is 31.1 Å². The molecular formula is C15H26N4. The first-order valence-corrected chi connectivity index (χ1v) is 7.56. The summed E-state index contributed by atoms with van der Waals surface area (Å²) in [6.45, 7) is 8.69. The van der Waals surface area contributed by atoms with E-state index in [-0.39, 0.29) is 0 Å². The van der Waals surface area contributed by atoms with Gasteiger partial charge in [0, 0.05) is 24.7 Å². The van der Waals surface area contributed by atoms with Gasteiger partial charge in [-0.1, -0.05) is 19.8 Å². The molecule has 1 aromatic rings. The molecule has 19 heavy (non-hydrogen) atoms. The van der Waals surface area contributed by atoms with Crippen LogP contribution in [-0.4, -0.2) is 29.1 Å². The van der Waals surface area contributed by atoms with E-state index < -0.39 is 0 Å². The van der Waals surface area contributed by atoms with Crippen LogP contribution in [-0.2, 0) is 0 Å². The lowest BCUT2D eigenvalue weighted by Gasteiger charge is -2.30. The predicted octanol–water partition coefficient (Wildman–Crippen LogP) is 3.38. The Balaban J connectivity index is 2.22. The maximum Gasteiger partial charge on any atom is 0.137 e. The van der Waals surface area contributed by atoms with Crippen LogP contribution in [0.2, 0.25) is 0 Å². The SMILES string of the molecule is CCCNc1ncnc(N2CCCCCC2C)c1C. The van der Waals surface area contributed by atoms with E-state index in [0.29, 0.717) is 6.04 Å². The molecule has 0 amide bonds. The fraction of sp³-hybridized carbons (Fsp3) is 0.733. The summed E-state index contributed by atoms with van der Waals surface area (Å²) in [5.74, 6) is 2.10. The molecule has 0 aromatic carbocycles. The molecule has 0 bridgehead atoms. The lowest BCUT2D eigenvalue weighted by Crippen LogP contribution is -2.34. The van der Waals surface area contributed by atoms with Gasteiger partial charge in [0.15, 0.2) is 0 Å². The molecule has 1 unspecified atom stereocenters. The first-order valence-electron chi connectivity index (χ1n) is 7.56. The average Bonchev–Trinajstić information content (AvgIpc) is 2.62. The quantitative estimate of drug-likeness (QED) is 0.903. The Hall–Kier alpha value is -1.32. The minimum absolute atomic E-state index is 0.579. The molecule has 1 aliphatic heterocycles. The van der Waals surface area contributed by atoms with Crippen LogP contribution in [0.3, 0.4) is 0 Å². The summed E-state index contributed by atoms with van der Waals surface area (Å²) >= 11 is 0. The summed E-state index contributed by atoms with van der Waals surface area (Å²) in [4.78, 5) is 11.4. The first-order chi connectivity index (χ1) is 9.24. The molecule has 1 aliphatic rings. The number of rotatable bonds is 4. The van der Waals surface area contributed by atoms with E-state index in [1.54, 1.807) is 6.33 Å². The van der Waals surface area contributed by atoms with Crippen LogP contribution in [0, 0.1) is 6.92 Å². The highest BCUT2D eigenvalue weighted by Gasteiger charge is 2.21. The number of nitrogens with zero attached hydrogens (tertiary/aromatic N) is 3. The van der Waals surface area contributed by atoms with Crippen LogP contribution < -0.4 is 10.2 Å². The molecule has 1 saturated heterocycles. The van der Waals surface area contributed by atoms with Gasteiger partial charge in [-0.2, -0.15) is 0 Å². The molecule has 0 spiro atoms. The van der Waals surface area contributed by atoms with Gasteiger partial charge in [0.25, 0.3) is 0 Å². The fourth-order valence-corrected chi connectivity index (χ4v) is 2.74. The Morgan fingerprint density at radius 3 is 2.95 bits per heavy atom. The number of anilines is 2. The fourth-order valence-electron chi connectivity index (χ4n) is 2.74. The number of hydrogen-bond acceptors (Lipinski definition) is 4. The molecule has 2 rings (SSSR count). The van der Waals surface area contributed by atoms with Gasteiger partial charge in [-0.15, -0.1) is 0 Å². The van der Waals surface area contributed by atoms with Crippen molar-refractivity contribution >= 4 is 11.6 Å². The Labute approximate surface area is 116 Å². The summed E-state index contributed by atoms with van der Waals surface area (Å²) in [7, 11) is 0. The zero-order valence-corrected chi connectivity index (χ0v) is 12.4. The molecule has 1 N–H and O–H groups in total. The third-order valence-corrected chi connectivity index (χ3v) is 3.92. The Morgan fingerprint density at radius 2 is 2.16 bits per heavy atom. The molecular weight excluding hydrogens is 236 g/mol. The van der Waals surface area contributed by atoms with Crippen molar-refractivity contribution in [1.82, 2.24) is 9.97 Å². The van der Waals surface area contributed by atoms with Gasteiger partial charge in [-0.3, -0.25) is 0 Å². The summed E-state index contributed by atoms with van der Waals surface area (Å²) < 4.78 is 0. The minimum Gasteiger partial charge on any atom is -0.370 e. The number of hydrogen-bond donors (Lipinski definition) is 1. The molecule has 0 saturated carbocycles. The molecule has 0 radical (unpaired) electrons. The second-order valence-corrected chi connectivity index (χ2v) is 5.49. The summed E-state index contributed by atoms with van der Waals surface area (Å²) in [6.07, 6.45) is 8.01. The molecule has 1 aromatic heterocycles. The maximum atomic E-state index is 4.54. The second kappa shape index (κ2) is 6.73. The van der Waals surface area contributed by atoms with Crippen molar-refractivity contribution in [2.24, 2.45) is 0 Å². The van der Waals surface area contributed by atoms with Crippen molar-refractivity contribution in [2.75, 3.05) is 23.3 Å². The summed E-state index contributed by atoms with van der Waals surface area (Å²) in [5.41, 5.74) is 1.18. The number of aromatic nitrogens is 2. The van der Waals surface area contributed by atoms with Gasteiger partial charge in [0.05, 0.1) is 0 Å². The third kappa shape index (κ3) is 3.37. The second-order valence-electron chi connectivity index (χ2n) is 5.49. The normalized spacial score (nSPS) is 20.2. The Morgan fingerprint density at radius 1 is 1.32 bits per heavy atom. The molecule has 1 fully saturated rings. The third-order valence-electron chi connectivity index (χ3n) is 3.92. The van der Waals surface area contributed by atoms with E-state index in [1.165, 1.54) is 31.2 Å². The minimum atomic E-state index is 0.579. The van der Waals surface area contributed by atoms with Gasteiger partial charge in [0.1, 0.15) is 18.0 Å². The highest BCUT2D eigenvalue weighted by atomic mass is 15.2. The molecule has 4 heteroatoms. The zero-order chi connectivity index (χ0) is 13.7. The summed E-state index contributed by atoms with van der Waals surface area (Å²) in [6, 6.07) is 0.579. The zero-order valence-electron chi connectivity index (χ0n) is 12.4. The van der Waals surface area contributed by atoms with Crippen molar-refractivity contribution < 1.29 is 0 Å². The smallest absolute Gasteiger partial charge is 0.137 e. The highest BCUT2D eigenvalue weighted by molar-refractivity contribution is 5.58. The van der Waals surface area contributed by atoms with E-state index in [4.69, 9.17) is 0 Å². The Kier molecular flexibility index (Phi) is 5.00. The van der Waals surface area contributed by atoms with E-state index in [1.807, 2.05) is 0 Å². The first kappa shape index (κ1) is 14.1. The van der Waals surface area contributed by atoms with Crippen LogP contribution in [0.1, 0.15) is 51.5 Å². The van der Waals surface area contributed by atoms with Crippen LogP contribution in [0.15, 0.2) is 6.33 Å². The Bertz CT molecular complexity index is 405. The monoisotopic (exact) mass is 262 g/mol. The topological polar surface area (TPSA) is 41.1 Å². The van der Waals surface area contributed by atoms with Crippen molar-refractivity contribution in [3.05, 3.63) is 11.9 Å². The van der Waals surface area contributed by atoms with Crippen LogP contribution in [0.4, 0.5) is 11.6 Å². The lowest BCUT2D eigenvalue weighted by atomic mass is 10.1. The van der Waals surface area contributed by atoms with Crippen LogP contribution in [0.5, 0.6) is 0 Å². The van der Waals surface area contributed by atoms with Crippen molar-refractivity contribution in [3.8, 4) is 0 Å². The van der Waals surface area contributed by atoms with Gasteiger partial charge in [0.2, 0.25) is 0 Å². The average molecular weight is 262 g/mol. The van der Waals surface area contributed by atoms with Crippen molar-refractivity contribution in [3.63, 3.8) is 0 Å². The molecule has 2 heterocycles. The molecule has 4 nitrogen and oxygen atoms in total. The van der Waals surface area contributed by atoms with Crippen molar-refractivity contribution in [2.45, 2.75) is 58.9 Å². The van der Waals surface area contributed by atoms with Crippen molar-refractivity contribution in [1.29, 1.82) is 0 Å². The van der Waals surface area contributed by atoms with Crippen LogP contribution >= 0.6 is 0 Å². The maximum absolute atomic E-state index is 4.54. The molecule has 1 atom stereocenters. The molecule has 0 aliphatic carbocycles. The number of nitrogens with one attached hydrogen (secondary N) is 1. The van der Waals surface area contributed by atoms with Gasteiger partial charge in [-0.25, -0.2) is 9.97 Å². The van der Waals surface area contributed by atoms with E-state index in [9.17, 15) is 0 Å². The predicted molar refractivity (Wildman–Crippen MR) is 80.8 cm³/mol. The largest absolute Gasteiger partial charge is 0.370 e. The van der Waals surface area contributed by atoms with Gasteiger partial charge >= 0.3 is 0 Å². The van der Waals surface area contributed by atoms with E-state index >= 15 is 0 Å². The highest BCUT2D eigenvalue weighted by Crippen LogP contribution is 2.27. The summed E-state index contributed by atoms with van der Waals surface area (Å²) in [5, 5.41) is 3.39. The van der Waals surface area contributed by atoms with Crippen LogP contribution in [0.25, 0.3) is 0 Å². The van der Waals surface area contributed by atoms with Gasteiger partial charge in [-0.05, 0) is 33.1 Å². The lowest BCUT2D eigenvalue weighted by molar-refractivity contribution is 0.609. The van der Waals surface area contributed by atoms with E-state index in [2.05, 4.69) is 41.0 Å². The molecule has 106 valence electrons. The van der Waals surface area contributed by atoms with Gasteiger partial charge < -0.3 is 10.2 Å². The standard InChI is InChI=1S/C15H26N4/c1-4-9-16-14-13(3)15(18-11-17-14)19-10-7-5-6-8-12(19)2/h11-12H,4-10H2,1-3H3,(H,16,17,18).